The van der Waals surface area contributed by atoms with Crippen molar-refractivity contribution in [2.75, 3.05) is 0 Å². The molecule has 4 aromatic carbocycles. The van der Waals surface area contributed by atoms with Crippen molar-refractivity contribution in [2.45, 2.75) is 33.1 Å². The zero-order valence-corrected chi connectivity index (χ0v) is 19.3. The number of hydrogen-bond acceptors (Lipinski definition) is 0. The number of halogens is 1. The Hall–Kier alpha value is -2.64. The zero-order valence-electron chi connectivity index (χ0n) is 17.7. The summed E-state index contributed by atoms with van der Waals surface area (Å²) < 4.78 is 1.18. The molecule has 0 radical (unpaired) electrons. The van der Waals surface area contributed by atoms with Crippen molar-refractivity contribution < 1.29 is 0 Å². The van der Waals surface area contributed by atoms with Crippen LogP contribution in [0.2, 0.25) is 0 Å². The summed E-state index contributed by atoms with van der Waals surface area (Å²) in [6.45, 7) is 8.83. The van der Waals surface area contributed by atoms with Gasteiger partial charge in [-0.05, 0) is 83.8 Å². The highest BCUT2D eigenvalue weighted by Crippen LogP contribution is 2.63. The molecule has 0 amide bonds. The lowest BCUT2D eigenvalue weighted by Gasteiger charge is -2.31. The lowest BCUT2D eigenvalue weighted by Crippen LogP contribution is -2.26. The quantitative estimate of drug-likeness (QED) is 0.219. The molecule has 2 aliphatic rings. The standard InChI is InChI=1S/C29H23Br/c1-16-5-8-20-21-9-6-17(2)12-25(21)29(24(20)11-16)26-13-18(3)7-10-22(26)23-15-28(30)19(4)14-27(23)29/h5-15H,1-4H3. The molecule has 6 rings (SSSR count). The first-order valence-corrected chi connectivity index (χ1v) is 11.4. The molecule has 0 fully saturated rings. The van der Waals surface area contributed by atoms with E-state index in [9.17, 15) is 0 Å². The summed E-state index contributed by atoms with van der Waals surface area (Å²) in [6, 6.07) is 25.7. The summed E-state index contributed by atoms with van der Waals surface area (Å²) in [7, 11) is 0. The Labute approximate surface area is 186 Å². The van der Waals surface area contributed by atoms with Gasteiger partial charge in [0.15, 0.2) is 0 Å². The van der Waals surface area contributed by atoms with Crippen LogP contribution in [0, 0.1) is 27.7 Å². The van der Waals surface area contributed by atoms with Crippen LogP contribution in [0.4, 0.5) is 0 Å². The second-order valence-electron chi connectivity index (χ2n) is 9.04. The molecular formula is C29H23Br. The third kappa shape index (κ3) is 2.11. The van der Waals surface area contributed by atoms with Crippen molar-refractivity contribution in [2.24, 2.45) is 0 Å². The molecule has 0 N–H and O–H groups in total. The Kier molecular flexibility index (Phi) is 3.60. The fraction of sp³-hybridized carbons (Fsp3) is 0.172. The molecular weight excluding hydrogens is 428 g/mol. The molecule has 1 spiro atoms. The van der Waals surface area contributed by atoms with Crippen molar-refractivity contribution in [3.8, 4) is 22.3 Å². The molecule has 0 aliphatic heterocycles. The smallest absolute Gasteiger partial charge is 0.0587 e. The van der Waals surface area contributed by atoms with Gasteiger partial charge in [0.2, 0.25) is 0 Å². The second-order valence-corrected chi connectivity index (χ2v) is 9.90. The van der Waals surface area contributed by atoms with Crippen LogP contribution in [0.25, 0.3) is 22.3 Å². The van der Waals surface area contributed by atoms with E-state index in [0.29, 0.717) is 0 Å². The third-order valence-electron chi connectivity index (χ3n) is 7.02. The van der Waals surface area contributed by atoms with Crippen molar-refractivity contribution in [1.29, 1.82) is 0 Å². The Morgan fingerprint density at radius 3 is 1.37 bits per heavy atom. The minimum Gasteiger partial charge on any atom is -0.0587 e. The summed E-state index contributed by atoms with van der Waals surface area (Å²) in [4.78, 5) is 0. The van der Waals surface area contributed by atoms with E-state index in [2.05, 4.69) is 110 Å². The first-order valence-electron chi connectivity index (χ1n) is 10.6. The van der Waals surface area contributed by atoms with Crippen LogP contribution < -0.4 is 0 Å². The summed E-state index contributed by atoms with van der Waals surface area (Å²) in [5.74, 6) is 0. The summed E-state index contributed by atoms with van der Waals surface area (Å²) >= 11 is 3.80. The Morgan fingerprint density at radius 1 is 0.500 bits per heavy atom. The monoisotopic (exact) mass is 450 g/mol. The second kappa shape index (κ2) is 5.95. The lowest BCUT2D eigenvalue weighted by atomic mass is 9.70. The molecule has 0 heterocycles. The number of fused-ring (bicyclic) bond motifs is 10. The Bertz CT molecular complexity index is 1340. The molecule has 4 aromatic rings. The fourth-order valence-electron chi connectivity index (χ4n) is 5.69. The lowest BCUT2D eigenvalue weighted by molar-refractivity contribution is 0.789. The maximum atomic E-state index is 3.80. The van der Waals surface area contributed by atoms with E-state index in [1.807, 2.05) is 0 Å². The fourth-order valence-corrected chi connectivity index (χ4v) is 6.04. The molecule has 146 valence electrons. The van der Waals surface area contributed by atoms with E-state index >= 15 is 0 Å². The summed E-state index contributed by atoms with van der Waals surface area (Å²) in [5.41, 5.74) is 16.1. The average molecular weight is 451 g/mol. The van der Waals surface area contributed by atoms with Gasteiger partial charge in [-0.2, -0.15) is 0 Å². The van der Waals surface area contributed by atoms with E-state index in [1.165, 1.54) is 71.2 Å². The summed E-state index contributed by atoms with van der Waals surface area (Å²) in [6.07, 6.45) is 0. The van der Waals surface area contributed by atoms with Gasteiger partial charge in [-0.3, -0.25) is 0 Å². The van der Waals surface area contributed by atoms with Crippen molar-refractivity contribution in [3.05, 3.63) is 116 Å². The van der Waals surface area contributed by atoms with E-state index < -0.39 is 0 Å². The number of aryl methyl sites for hydroxylation is 4. The minimum absolute atomic E-state index is 0.245. The van der Waals surface area contributed by atoms with Crippen molar-refractivity contribution in [1.82, 2.24) is 0 Å². The number of hydrogen-bond donors (Lipinski definition) is 0. The van der Waals surface area contributed by atoms with Gasteiger partial charge < -0.3 is 0 Å². The number of benzene rings is 4. The van der Waals surface area contributed by atoms with Gasteiger partial charge in [0.25, 0.3) is 0 Å². The van der Waals surface area contributed by atoms with Crippen molar-refractivity contribution in [3.63, 3.8) is 0 Å². The maximum absolute atomic E-state index is 3.80. The molecule has 2 aliphatic carbocycles. The van der Waals surface area contributed by atoms with E-state index in [1.54, 1.807) is 0 Å². The highest BCUT2D eigenvalue weighted by molar-refractivity contribution is 9.10. The average Bonchev–Trinajstić information content (AvgIpc) is 3.13. The van der Waals surface area contributed by atoms with Gasteiger partial charge in [0.1, 0.15) is 0 Å². The largest absolute Gasteiger partial charge is 0.0725 e. The molecule has 0 bridgehead atoms. The highest BCUT2D eigenvalue weighted by Gasteiger charge is 2.51. The van der Waals surface area contributed by atoms with Gasteiger partial charge in [-0.15, -0.1) is 0 Å². The SMILES string of the molecule is Cc1ccc2c(c1)C1(c3cc(C)ccc3-2)c2cc(C)ccc2-c2cc(Br)c(C)cc21. The molecule has 1 heteroatoms. The van der Waals surface area contributed by atoms with Crippen LogP contribution in [-0.2, 0) is 5.41 Å². The Balaban J connectivity index is 1.88. The molecule has 0 aromatic heterocycles. The van der Waals surface area contributed by atoms with Crippen LogP contribution in [0.5, 0.6) is 0 Å². The molecule has 0 atom stereocenters. The normalized spacial score (nSPS) is 14.4. The zero-order chi connectivity index (χ0) is 20.8. The van der Waals surface area contributed by atoms with Gasteiger partial charge in [-0.1, -0.05) is 93.3 Å². The maximum Gasteiger partial charge on any atom is 0.0725 e. The van der Waals surface area contributed by atoms with E-state index in [-0.39, 0.29) is 5.41 Å². The predicted molar refractivity (Wildman–Crippen MR) is 129 cm³/mol. The van der Waals surface area contributed by atoms with Crippen LogP contribution in [0.1, 0.15) is 44.5 Å². The van der Waals surface area contributed by atoms with Gasteiger partial charge >= 0.3 is 0 Å². The van der Waals surface area contributed by atoms with Crippen LogP contribution in [0.15, 0.2) is 71.2 Å². The topological polar surface area (TPSA) is 0 Å². The minimum atomic E-state index is -0.245. The summed E-state index contributed by atoms with van der Waals surface area (Å²) in [5, 5.41) is 0. The first-order chi connectivity index (χ1) is 14.4. The van der Waals surface area contributed by atoms with E-state index in [0.717, 1.165) is 0 Å². The van der Waals surface area contributed by atoms with Crippen LogP contribution in [-0.4, -0.2) is 0 Å². The van der Waals surface area contributed by atoms with Crippen LogP contribution >= 0.6 is 15.9 Å². The van der Waals surface area contributed by atoms with Gasteiger partial charge in [-0.25, -0.2) is 0 Å². The molecule has 0 saturated heterocycles. The first kappa shape index (κ1) is 18.2. The molecule has 0 nitrogen and oxygen atoms in total. The third-order valence-corrected chi connectivity index (χ3v) is 7.87. The van der Waals surface area contributed by atoms with Gasteiger partial charge in [0.05, 0.1) is 5.41 Å². The van der Waals surface area contributed by atoms with E-state index in [4.69, 9.17) is 0 Å². The predicted octanol–water partition coefficient (Wildman–Crippen LogP) is 8.03. The highest BCUT2D eigenvalue weighted by atomic mass is 79.9. The molecule has 0 unspecified atom stereocenters. The molecule has 0 saturated carbocycles. The van der Waals surface area contributed by atoms with Gasteiger partial charge in [0, 0.05) is 4.47 Å². The number of rotatable bonds is 0. The van der Waals surface area contributed by atoms with Crippen LogP contribution in [0.3, 0.4) is 0 Å². The molecule has 30 heavy (non-hydrogen) atoms. The Morgan fingerprint density at radius 2 is 0.900 bits per heavy atom. The van der Waals surface area contributed by atoms with Crippen molar-refractivity contribution >= 4 is 15.9 Å².